The minimum atomic E-state index is 1.74. The number of rotatable bonds is 2. The first kappa shape index (κ1) is 7.88. The fraction of sp³-hybridized carbons (Fsp3) is 0.167. The minimum absolute atomic E-state index is 1.74. The largest absolute Gasteiger partial charge is 0.265 e. The van der Waals surface area contributed by atoms with Gasteiger partial charge in [0.25, 0.3) is 0 Å². The lowest BCUT2D eigenvalue weighted by atomic mass is 10.7. The zero-order valence-corrected chi connectivity index (χ0v) is 6.87. The summed E-state index contributed by atoms with van der Waals surface area (Å²) in [5, 5.41) is 0. The van der Waals surface area contributed by atoms with Gasteiger partial charge in [0, 0.05) is 12.4 Å². The second-order valence-corrected chi connectivity index (χ2v) is 1.82. The fourth-order valence-electron chi connectivity index (χ4n) is 0.218. The van der Waals surface area contributed by atoms with E-state index in [4.69, 9.17) is 0 Å². The van der Waals surface area contributed by atoms with Crippen LogP contribution in [0.5, 0.6) is 0 Å². The van der Waals surface area contributed by atoms with Crippen molar-refractivity contribution in [2.75, 3.05) is 0 Å². The van der Waals surface area contributed by atoms with Gasteiger partial charge in [0.05, 0.1) is 0 Å². The van der Waals surface area contributed by atoms with Gasteiger partial charge in [-0.15, -0.1) is 0 Å². The molecule has 0 unspecified atom stereocenters. The normalized spacial score (nSPS) is 12.8. The number of nitrogens with zero attached hydrogens (tertiary/aromatic N) is 1. The maximum Gasteiger partial charge on any atom is 0.0272 e. The van der Waals surface area contributed by atoms with E-state index in [2.05, 4.69) is 27.6 Å². The predicted octanol–water partition coefficient (Wildman–Crippen LogP) is 2.54. The van der Waals surface area contributed by atoms with Crippen LogP contribution < -0.4 is 0 Å². The molecule has 0 fully saturated rings. The summed E-state index contributed by atoms with van der Waals surface area (Å²) in [5.74, 6) is 0. The van der Waals surface area contributed by atoms with Gasteiger partial charge in [0.1, 0.15) is 0 Å². The Balaban J connectivity index is 3.35. The topological polar surface area (TPSA) is 12.4 Å². The SMILES string of the molecule is C\C=C/N=C\C=C\I. The summed E-state index contributed by atoms with van der Waals surface area (Å²) in [6, 6.07) is 0. The molecule has 1 nitrogen and oxygen atoms in total. The monoisotopic (exact) mass is 221 g/mol. The minimum Gasteiger partial charge on any atom is -0.265 e. The lowest BCUT2D eigenvalue weighted by Crippen LogP contribution is -1.56. The Bertz CT molecular complexity index is 99.7. The third kappa shape index (κ3) is 5.88. The molecule has 44 valence electrons. The first-order valence-electron chi connectivity index (χ1n) is 2.31. The fourth-order valence-corrected chi connectivity index (χ4v) is 0.404. The lowest BCUT2D eigenvalue weighted by Gasteiger charge is -1.68. The van der Waals surface area contributed by atoms with Crippen molar-refractivity contribution < 1.29 is 0 Å². The van der Waals surface area contributed by atoms with Gasteiger partial charge >= 0.3 is 0 Å². The van der Waals surface area contributed by atoms with E-state index >= 15 is 0 Å². The van der Waals surface area contributed by atoms with Crippen molar-refractivity contribution in [3.63, 3.8) is 0 Å². The first-order valence-corrected chi connectivity index (χ1v) is 3.56. The van der Waals surface area contributed by atoms with Crippen LogP contribution in [-0.2, 0) is 0 Å². The summed E-state index contributed by atoms with van der Waals surface area (Å²) in [7, 11) is 0. The summed E-state index contributed by atoms with van der Waals surface area (Å²) < 4.78 is 1.91. The first-order chi connectivity index (χ1) is 3.91. The van der Waals surface area contributed by atoms with Crippen molar-refractivity contribution in [1.29, 1.82) is 0 Å². The third-order valence-corrected chi connectivity index (χ3v) is 0.895. The predicted molar refractivity (Wildman–Crippen MR) is 46.5 cm³/mol. The van der Waals surface area contributed by atoms with Crippen molar-refractivity contribution in [2.45, 2.75) is 6.92 Å². The van der Waals surface area contributed by atoms with Crippen LogP contribution in [-0.4, -0.2) is 6.21 Å². The molecule has 0 rings (SSSR count). The van der Waals surface area contributed by atoms with Gasteiger partial charge in [-0.2, -0.15) is 0 Å². The van der Waals surface area contributed by atoms with Crippen LogP contribution >= 0.6 is 22.6 Å². The Kier molecular flexibility index (Phi) is 6.78. The molecule has 2 heteroatoms. The summed E-state index contributed by atoms with van der Waals surface area (Å²) in [5.41, 5.74) is 0. The van der Waals surface area contributed by atoms with Crippen molar-refractivity contribution in [3.8, 4) is 0 Å². The Morgan fingerprint density at radius 3 is 2.75 bits per heavy atom. The van der Waals surface area contributed by atoms with Crippen LogP contribution in [0.3, 0.4) is 0 Å². The number of hydrogen-bond donors (Lipinski definition) is 0. The maximum atomic E-state index is 3.88. The lowest BCUT2D eigenvalue weighted by molar-refractivity contribution is 1.55. The summed E-state index contributed by atoms with van der Waals surface area (Å²) in [6.45, 7) is 1.94. The molecular weight excluding hydrogens is 213 g/mol. The molecule has 0 saturated carbocycles. The van der Waals surface area contributed by atoms with Crippen molar-refractivity contribution >= 4 is 28.8 Å². The van der Waals surface area contributed by atoms with E-state index in [0.29, 0.717) is 0 Å². The molecule has 0 bridgehead atoms. The van der Waals surface area contributed by atoms with Crippen LogP contribution in [0.1, 0.15) is 6.92 Å². The summed E-state index contributed by atoms with van der Waals surface area (Å²) in [6.07, 6.45) is 7.25. The molecule has 0 saturated heterocycles. The van der Waals surface area contributed by atoms with Gasteiger partial charge < -0.3 is 0 Å². The highest BCUT2D eigenvalue weighted by molar-refractivity contribution is 14.1. The van der Waals surface area contributed by atoms with Crippen LogP contribution in [0.25, 0.3) is 0 Å². The molecule has 0 spiro atoms. The quantitative estimate of drug-likeness (QED) is 0.501. The standard InChI is InChI=1S/C6H8IN/c1-2-5-8-6-3-4-7/h2-6H,1H3/b4-3+,5-2-,8-6-. The van der Waals surface area contributed by atoms with Crippen LogP contribution in [0.15, 0.2) is 27.4 Å². The van der Waals surface area contributed by atoms with E-state index in [1.165, 1.54) is 0 Å². The summed E-state index contributed by atoms with van der Waals surface area (Å²) >= 11 is 2.14. The van der Waals surface area contributed by atoms with Gasteiger partial charge in [0.2, 0.25) is 0 Å². The average Bonchev–Trinajstić information content (AvgIpc) is 1.81. The second kappa shape index (κ2) is 6.88. The van der Waals surface area contributed by atoms with E-state index in [9.17, 15) is 0 Å². The smallest absolute Gasteiger partial charge is 0.0272 e. The summed E-state index contributed by atoms with van der Waals surface area (Å²) in [4.78, 5) is 3.88. The Morgan fingerprint density at radius 2 is 2.25 bits per heavy atom. The zero-order chi connectivity index (χ0) is 6.24. The molecule has 0 aliphatic carbocycles. The molecule has 0 aromatic carbocycles. The van der Waals surface area contributed by atoms with E-state index in [1.807, 2.05) is 23.2 Å². The van der Waals surface area contributed by atoms with Gasteiger partial charge in [-0.25, -0.2) is 0 Å². The molecule has 0 aromatic heterocycles. The molecule has 0 atom stereocenters. The molecule has 0 radical (unpaired) electrons. The van der Waals surface area contributed by atoms with Crippen LogP contribution in [0.2, 0.25) is 0 Å². The molecule has 0 amide bonds. The highest BCUT2D eigenvalue weighted by atomic mass is 127. The average molecular weight is 221 g/mol. The van der Waals surface area contributed by atoms with E-state index in [-0.39, 0.29) is 0 Å². The molecule has 0 aromatic rings. The van der Waals surface area contributed by atoms with Crippen LogP contribution in [0, 0.1) is 0 Å². The molecule has 8 heavy (non-hydrogen) atoms. The van der Waals surface area contributed by atoms with Gasteiger partial charge in [0.15, 0.2) is 0 Å². The number of halogens is 1. The van der Waals surface area contributed by atoms with Crippen molar-refractivity contribution in [2.24, 2.45) is 4.99 Å². The second-order valence-electron chi connectivity index (χ2n) is 1.10. The van der Waals surface area contributed by atoms with Crippen LogP contribution in [0.4, 0.5) is 0 Å². The number of allylic oxidation sites excluding steroid dienone is 2. The molecule has 0 aliphatic heterocycles. The third-order valence-electron chi connectivity index (χ3n) is 0.480. The van der Waals surface area contributed by atoms with Crippen molar-refractivity contribution in [3.05, 3.63) is 22.4 Å². The van der Waals surface area contributed by atoms with Crippen molar-refractivity contribution in [1.82, 2.24) is 0 Å². The maximum absolute atomic E-state index is 3.88. The highest BCUT2D eigenvalue weighted by Gasteiger charge is 1.56. The number of hydrogen-bond acceptors (Lipinski definition) is 1. The Hall–Kier alpha value is -0.120. The van der Waals surface area contributed by atoms with E-state index in [1.54, 1.807) is 12.4 Å². The molecule has 0 aliphatic rings. The van der Waals surface area contributed by atoms with Gasteiger partial charge in [-0.3, -0.25) is 4.99 Å². The molecule has 0 N–H and O–H groups in total. The molecular formula is C6H8IN. The molecule has 0 heterocycles. The van der Waals surface area contributed by atoms with E-state index < -0.39 is 0 Å². The zero-order valence-electron chi connectivity index (χ0n) is 4.71. The Morgan fingerprint density at radius 1 is 1.50 bits per heavy atom. The van der Waals surface area contributed by atoms with Gasteiger partial charge in [-0.05, 0) is 17.1 Å². The number of aliphatic imine (C=N–C) groups is 1. The highest BCUT2D eigenvalue weighted by Crippen LogP contribution is 1.80. The Labute approximate surface area is 63.3 Å². The van der Waals surface area contributed by atoms with E-state index in [0.717, 1.165) is 0 Å². The van der Waals surface area contributed by atoms with Gasteiger partial charge in [-0.1, -0.05) is 28.7 Å².